The van der Waals surface area contributed by atoms with Crippen molar-refractivity contribution in [3.63, 3.8) is 0 Å². The van der Waals surface area contributed by atoms with Gasteiger partial charge in [-0.25, -0.2) is 4.98 Å². The van der Waals surface area contributed by atoms with Crippen LogP contribution in [-0.2, 0) is 4.79 Å². The highest BCUT2D eigenvalue weighted by atomic mass is 79.9. The van der Waals surface area contributed by atoms with Crippen LogP contribution in [0.2, 0.25) is 0 Å². The molecule has 1 aromatic heterocycles. The summed E-state index contributed by atoms with van der Waals surface area (Å²) in [5.74, 6) is 0.286. The van der Waals surface area contributed by atoms with E-state index in [1.165, 1.54) is 0 Å². The number of rotatable bonds is 3. The second-order valence-electron chi connectivity index (χ2n) is 3.45. The van der Waals surface area contributed by atoms with Crippen molar-refractivity contribution in [2.75, 3.05) is 11.9 Å². The average Bonchev–Trinajstić information content (AvgIpc) is 2.20. The third-order valence-corrected chi connectivity index (χ3v) is 2.52. The lowest BCUT2D eigenvalue weighted by Gasteiger charge is -2.11. The Labute approximate surface area is 97.4 Å². The molecule has 4 nitrogen and oxygen atoms in total. The Kier molecular flexibility index (Phi) is 4.23. The first-order valence-electron chi connectivity index (χ1n) is 4.67. The van der Waals surface area contributed by atoms with Crippen LogP contribution in [0, 0.1) is 12.8 Å². The number of aromatic nitrogens is 1. The van der Waals surface area contributed by atoms with Crippen LogP contribution < -0.4 is 11.1 Å². The predicted molar refractivity (Wildman–Crippen MR) is 63.5 cm³/mol. The molecule has 5 heteroatoms. The van der Waals surface area contributed by atoms with Gasteiger partial charge in [-0.3, -0.25) is 4.79 Å². The Hall–Kier alpha value is -0.940. The van der Waals surface area contributed by atoms with Crippen molar-refractivity contribution in [1.29, 1.82) is 0 Å². The van der Waals surface area contributed by atoms with Crippen molar-refractivity contribution in [1.82, 2.24) is 4.98 Å². The number of pyridine rings is 1. The molecule has 3 N–H and O–H groups in total. The van der Waals surface area contributed by atoms with Gasteiger partial charge in [0, 0.05) is 23.1 Å². The first kappa shape index (κ1) is 12.1. The zero-order valence-electron chi connectivity index (χ0n) is 8.75. The van der Waals surface area contributed by atoms with E-state index in [9.17, 15) is 4.79 Å². The number of nitrogens with zero attached hydrogens (tertiary/aromatic N) is 1. The summed E-state index contributed by atoms with van der Waals surface area (Å²) in [5.41, 5.74) is 6.32. The maximum absolute atomic E-state index is 11.5. The van der Waals surface area contributed by atoms with Gasteiger partial charge in [-0.2, -0.15) is 0 Å². The zero-order chi connectivity index (χ0) is 11.4. The molecule has 1 amide bonds. The molecule has 0 radical (unpaired) electrons. The molecule has 0 saturated heterocycles. The second kappa shape index (κ2) is 5.23. The molecule has 0 aromatic carbocycles. The molecule has 0 saturated carbocycles. The summed E-state index contributed by atoms with van der Waals surface area (Å²) in [4.78, 5) is 15.7. The number of aryl methyl sites for hydroxylation is 1. The number of nitrogens with two attached hydrogens (primary N) is 1. The summed E-state index contributed by atoms with van der Waals surface area (Å²) in [6, 6.07) is 1.90. The van der Waals surface area contributed by atoms with Crippen LogP contribution in [0.25, 0.3) is 0 Å². The number of halogens is 1. The monoisotopic (exact) mass is 271 g/mol. The van der Waals surface area contributed by atoms with Crippen LogP contribution in [0.4, 0.5) is 5.82 Å². The van der Waals surface area contributed by atoms with Crippen molar-refractivity contribution in [3.05, 3.63) is 22.3 Å². The number of amides is 1. The van der Waals surface area contributed by atoms with E-state index >= 15 is 0 Å². The number of carbonyl (C=O) groups is 1. The fourth-order valence-electron chi connectivity index (χ4n) is 1.02. The smallest absolute Gasteiger partial charge is 0.229 e. The zero-order valence-corrected chi connectivity index (χ0v) is 10.3. The van der Waals surface area contributed by atoms with E-state index in [4.69, 9.17) is 5.73 Å². The van der Waals surface area contributed by atoms with Crippen LogP contribution in [0.1, 0.15) is 12.5 Å². The molecule has 0 bridgehead atoms. The molecule has 0 aliphatic carbocycles. The quantitative estimate of drug-likeness (QED) is 0.879. The van der Waals surface area contributed by atoms with Gasteiger partial charge in [0.2, 0.25) is 5.91 Å². The van der Waals surface area contributed by atoms with Gasteiger partial charge in [0.05, 0.1) is 0 Å². The second-order valence-corrected chi connectivity index (χ2v) is 4.36. The van der Waals surface area contributed by atoms with E-state index in [0.717, 1.165) is 10.0 Å². The van der Waals surface area contributed by atoms with Gasteiger partial charge >= 0.3 is 0 Å². The van der Waals surface area contributed by atoms with Crippen LogP contribution in [0.15, 0.2) is 16.7 Å². The fraction of sp³-hybridized carbons (Fsp3) is 0.400. The van der Waals surface area contributed by atoms with Gasteiger partial charge < -0.3 is 11.1 Å². The average molecular weight is 272 g/mol. The summed E-state index contributed by atoms with van der Waals surface area (Å²) in [5, 5.41) is 2.74. The van der Waals surface area contributed by atoms with E-state index < -0.39 is 0 Å². The third kappa shape index (κ3) is 3.28. The number of hydrogen-bond donors (Lipinski definition) is 2. The van der Waals surface area contributed by atoms with Crippen molar-refractivity contribution in [2.45, 2.75) is 13.8 Å². The Morgan fingerprint density at radius 3 is 2.93 bits per heavy atom. The highest BCUT2D eigenvalue weighted by molar-refractivity contribution is 9.10. The molecule has 15 heavy (non-hydrogen) atoms. The summed E-state index contributed by atoms with van der Waals surface area (Å²) >= 11 is 3.31. The SMILES string of the molecule is Cc1cc(Br)cnc1NC(=O)C(C)CN. The number of nitrogens with one attached hydrogen (secondary N) is 1. The van der Waals surface area contributed by atoms with E-state index in [-0.39, 0.29) is 11.8 Å². The predicted octanol–water partition coefficient (Wildman–Crippen LogP) is 1.69. The molecular weight excluding hydrogens is 258 g/mol. The van der Waals surface area contributed by atoms with Crippen molar-refractivity contribution < 1.29 is 4.79 Å². The van der Waals surface area contributed by atoms with Crippen LogP contribution in [0.5, 0.6) is 0 Å². The molecule has 0 aliphatic rings. The lowest BCUT2D eigenvalue weighted by atomic mass is 10.1. The van der Waals surface area contributed by atoms with Crippen molar-refractivity contribution >= 4 is 27.7 Å². The normalized spacial score (nSPS) is 12.3. The molecule has 0 aliphatic heterocycles. The van der Waals surface area contributed by atoms with E-state index in [1.54, 1.807) is 13.1 Å². The molecule has 1 heterocycles. The third-order valence-electron chi connectivity index (χ3n) is 2.09. The Bertz CT molecular complexity index is 368. The first-order valence-corrected chi connectivity index (χ1v) is 5.47. The number of carbonyl (C=O) groups excluding carboxylic acids is 1. The lowest BCUT2D eigenvalue weighted by Crippen LogP contribution is -2.27. The highest BCUT2D eigenvalue weighted by Crippen LogP contribution is 2.17. The molecule has 1 rings (SSSR count). The summed E-state index contributed by atoms with van der Waals surface area (Å²) in [6.45, 7) is 4.01. The minimum Gasteiger partial charge on any atom is -0.330 e. The molecule has 0 spiro atoms. The summed E-state index contributed by atoms with van der Waals surface area (Å²) < 4.78 is 0.893. The van der Waals surface area contributed by atoms with Gasteiger partial charge in [-0.15, -0.1) is 0 Å². The summed E-state index contributed by atoms with van der Waals surface area (Å²) in [6.07, 6.45) is 1.65. The van der Waals surface area contributed by atoms with Gasteiger partial charge in [0.1, 0.15) is 5.82 Å². The molecular formula is C10H14BrN3O. The maximum atomic E-state index is 11.5. The number of anilines is 1. The van der Waals surface area contributed by atoms with Crippen LogP contribution in [0.3, 0.4) is 0 Å². The standard InChI is InChI=1S/C10H14BrN3O/c1-6-3-8(11)5-13-9(6)14-10(15)7(2)4-12/h3,5,7H,4,12H2,1-2H3,(H,13,14,15). The molecule has 1 aromatic rings. The largest absolute Gasteiger partial charge is 0.330 e. The Morgan fingerprint density at radius 2 is 2.40 bits per heavy atom. The first-order chi connectivity index (χ1) is 7.04. The Balaban J connectivity index is 2.77. The molecule has 0 fully saturated rings. The molecule has 1 unspecified atom stereocenters. The summed E-state index contributed by atoms with van der Waals surface area (Å²) in [7, 11) is 0. The minimum atomic E-state index is -0.199. The van der Waals surface area contributed by atoms with Crippen molar-refractivity contribution in [2.24, 2.45) is 11.7 Å². The molecule has 82 valence electrons. The van der Waals surface area contributed by atoms with E-state index in [1.807, 2.05) is 13.0 Å². The van der Waals surface area contributed by atoms with Crippen molar-refractivity contribution in [3.8, 4) is 0 Å². The highest BCUT2D eigenvalue weighted by Gasteiger charge is 2.12. The van der Waals surface area contributed by atoms with Gasteiger partial charge in [0.15, 0.2) is 0 Å². The lowest BCUT2D eigenvalue weighted by molar-refractivity contribution is -0.119. The van der Waals surface area contributed by atoms with Gasteiger partial charge in [0.25, 0.3) is 0 Å². The molecule has 1 atom stereocenters. The van der Waals surface area contributed by atoms with Crippen LogP contribution >= 0.6 is 15.9 Å². The Morgan fingerprint density at radius 1 is 1.73 bits per heavy atom. The van der Waals surface area contributed by atoms with Gasteiger partial charge in [-0.1, -0.05) is 6.92 Å². The van der Waals surface area contributed by atoms with Gasteiger partial charge in [-0.05, 0) is 34.5 Å². The fourth-order valence-corrected chi connectivity index (χ4v) is 1.46. The van der Waals surface area contributed by atoms with E-state index in [0.29, 0.717) is 12.4 Å². The minimum absolute atomic E-state index is 0.101. The number of hydrogen-bond acceptors (Lipinski definition) is 3. The topological polar surface area (TPSA) is 68.0 Å². The van der Waals surface area contributed by atoms with Crippen LogP contribution in [-0.4, -0.2) is 17.4 Å². The van der Waals surface area contributed by atoms with E-state index in [2.05, 4.69) is 26.2 Å². The maximum Gasteiger partial charge on any atom is 0.229 e.